The summed E-state index contributed by atoms with van der Waals surface area (Å²) >= 11 is 5.39. The SMILES string of the molecule is [2H]C([2H])([2H])C([2H])([2H])Oc1cnc(Cl)nc1. The Hall–Kier alpha value is -0.830. The first-order chi connectivity index (χ1) is 6.72. The van der Waals surface area contributed by atoms with Crippen molar-refractivity contribution < 1.29 is 11.6 Å². The molecule has 0 unspecified atom stereocenters. The molecule has 0 bridgehead atoms. The summed E-state index contributed by atoms with van der Waals surface area (Å²) in [7, 11) is 0. The molecule has 0 saturated carbocycles. The Kier molecular flexibility index (Phi) is 1.03. The van der Waals surface area contributed by atoms with Crippen molar-refractivity contribution in [2.75, 3.05) is 6.56 Å². The van der Waals surface area contributed by atoms with Crippen LogP contribution in [0.1, 0.15) is 13.7 Å². The zero-order valence-corrected chi connectivity index (χ0v) is 5.59. The van der Waals surface area contributed by atoms with Crippen LogP contribution in [0.3, 0.4) is 0 Å². The fraction of sp³-hybridized carbons (Fsp3) is 0.333. The van der Waals surface area contributed by atoms with Crippen LogP contribution < -0.4 is 4.74 Å². The highest BCUT2D eigenvalue weighted by molar-refractivity contribution is 6.28. The predicted octanol–water partition coefficient (Wildman–Crippen LogP) is 1.53. The van der Waals surface area contributed by atoms with E-state index in [1.807, 2.05) is 0 Å². The van der Waals surface area contributed by atoms with Gasteiger partial charge in [-0.1, -0.05) is 0 Å². The highest BCUT2D eigenvalue weighted by atomic mass is 35.5. The van der Waals surface area contributed by atoms with E-state index < -0.39 is 13.4 Å². The van der Waals surface area contributed by atoms with Crippen molar-refractivity contribution in [3.8, 4) is 5.75 Å². The van der Waals surface area contributed by atoms with Gasteiger partial charge in [-0.25, -0.2) is 9.97 Å². The van der Waals surface area contributed by atoms with E-state index in [9.17, 15) is 0 Å². The summed E-state index contributed by atoms with van der Waals surface area (Å²) in [5, 5.41) is -0.0307. The molecule has 0 aromatic carbocycles. The molecule has 3 nitrogen and oxygen atoms in total. The Morgan fingerprint density at radius 2 is 2.50 bits per heavy atom. The summed E-state index contributed by atoms with van der Waals surface area (Å²) in [6.07, 6.45) is 2.19. The third-order valence-corrected chi connectivity index (χ3v) is 0.961. The van der Waals surface area contributed by atoms with Gasteiger partial charge in [-0.05, 0) is 18.5 Å². The number of rotatable bonds is 2. The van der Waals surface area contributed by atoms with Crippen LogP contribution in [0.4, 0.5) is 0 Å². The Bertz CT molecular complexity index is 338. The minimum absolute atomic E-state index is 0.0307. The van der Waals surface area contributed by atoms with Crippen LogP contribution in [0.2, 0.25) is 5.28 Å². The summed E-state index contributed by atoms with van der Waals surface area (Å²) < 4.78 is 39.6. The molecule has 1 aromatic rings. The zero-order valence-electron chi connectivity index (χ0n) is 9.84. The molecule has 0 aliphatic rings. The van der Waals surface area contributed by atoms with Crippen LogP contribution in [0.15, 0.2) is 12.4 Å². The molecule has 0 atom stereocenters. The normalized spacial score (nSPS) is 19.5. The summed E-state index contributed by atoms with van der Waals surface area (Å²) in [6.45, 7) is -5.67. The third-order valence-electron chi connectivity index (χ3n) is 0.766. The van der Waals surface area contributed by atoms with E-state index in [1.54, 1.807) is 0 Å². The second-order valence-electron chi connectivity index (χ2n) is 1.39. The number of hydrogen-bond acceptors (Lipinski definition) is 3. The number of hydrogen-bond donors (Lipinski definition) is 0. The Morgan fingerprint density at radius 3 is 3.10 bits per heavy atom. The minimum Gasteiger partial charge on any atom is -0.491 e. The number of ether oxygens (including phenoxy) is 1. The Morgan fingerprint density at radius 1 is 1.80 bits per heavy atom. The standard InChI is InChI=1S/C6H7ClN2O/c1-2-10-5-3-8-6(7)9-4-5/h3-4H,2H2,1H3/i1D3,2D2. The van der Waals surface area contributed by atoms with E-state index in [0.29, 0.717) is 0 Å². The van der Waals surface area contributed by atoms with E-state index in [0.717, 1.165) is 12.4 Å². The van der Waals surface area contributed by atoms with Crippen molar-refractivity contribution in [3.63, 3.8) is 0 Å². The van der Waals surface area contributed by atoms with Gasteiger partial charge in [0.2, 0.25) is 5.28 Å². The predicted molar refractivity (Wildman–Crippen MR) is 38.2 cm³/mol. The van der Waals surface area contributed by atoms with E-state index >= 15 is 0 Å². The molecule has 0 amide bonds. The molecule has 1 heterocycles. The van der Waals surface area contributed by atoms with Gasteiger partial charge < -0.3 is 4.74 Å². The molecule has 0 spiro atoms. The lowest BCUT2D eigenvalue weighted by Gasteiger charge is -1.98. The fourth-order valence-corrected chi connectivity index (χ4v) is 0.510. The highest BCUT2D eigenvalue weighted by Gasteiger charge is 1.92. The first-order valence-corrected chi connectivity index (χ1v) is 2.77. The second kappa shape index (κ2) is 3.37. The minimum atomic E-state index is -2.88. The molecule has 0 N–H and O–H groups in total. The molecule has 4 heteroatoms. The smallest absolute Gasteiger partial charge is 0.222 e. The summed E-state index contributed by atoms with van der Waals surface area (Å²) in [5.74, 6) is -0.0967. The molecule has 10 heavy (non-hydrogen) atoms. The second-order valence-corrected chi connectivity index (χ2v) is 1.73. The highest BCUT2D eigenvalue weighted by Crippen LogP contribution is 2.07. The molecule has 1 rings (SSSR count). The van der Waals surface area contributed by atoms with Gasteiger partial charge in [0.25, 0.3) is 0 Å². The first kappa shape index (κ1) is 3.05. The maximum absolute atomic E-state index is 7.16. The molecule has 1 aromatic heterocycles. The van der Waals surface area contributed by atoms with Crippen molar-refractivity contribution in [2.24, 2.45) is 0 Å². The summed E-state index contributed by atoms with van der Waals surface area (Å²) in [4.78, 5) is 7.05. The lowest BCUT2D eigenvalue weighted by Crippen LogP contribution is -1.92. The first-order valence-electron chi connectivity index (χ1n) is 4.89. The zero-order chi connectivity index (χ0) is 11.7. The van der Waals surface area contributed by atoms with Gasteiger partial charge >= 0.3 is 0 Å². The molecule has 0 saturated heterocycles. The van der Waals surface area contributed by atoms with E-state index in [2.05, 4.69) is 14.7 Å². The van der Waals surface area contributed by atoms with E-state index in [-0.39, 0.29) is 11.0 Å². The van der Waals surface area contributed by atoms with Crippen LogP contribution in [-0.4, -0.2) is 16.5 Å². The van der Waals surface area contributed by atoms with Crippen LogP contribution in [0.5, 0.6) is 5.75 Å². The van der Waals surface area contributed by atoms with Gasteiger partial charge in [0.05, 0.1) is 21.7 Å². The van der Waals surface area contributed by atoms with E-state index in [1.165, 1.54) is 0 Å². The molecule has 54 valence electrons. The van der Waals surface area contributed by atoms with Crippen LogP contribution >= 0.6 is 11.6 Å². The van der Waals surface area contributed by atoms with Crippen molar-refractivity contribution >= 4 is 11.6 Å². The Balaban J connectivity index is 2.82. The van der Waals surface area contributed by atoms with Gasteiger partial charge in [-0.3, -0.25) is 0 Å². The van der Waals surface area contributed by atoms with Crippen LogP contribution in [0.25, 0.3) is 0 Å². The van der Waals surface area contributed by atoms with Crippen molar-refractivity contribution in [2.45, 2.75) is 6.85 Å². The summed E-state index contributed by atoms with van der Waals surface area (Å²) in [5.41, 5.74) is 0. The monoisotopic (exact) mass is 163 g/mol. The average molecular weight is 164 g/mol. The molecule has 0 aliphatic carbocycles. The fourth-order valence-electron chi connectivity index (χ4n) is 0.412. The number of halogens is 1. The molecular weight excluding hydrogens is 152 g/mol. The average Bonchev–Trinajstić information content (AvgIpc) is 2.06. The van der Waals surface area contributed by atoms with E-state index in [4.69, 9.17) is 18.5 Å². The van der Waals surface area contributed by atoms with Gasteiger partial charge in [0.1, 0.15) is 0 Å². The number of nitrogens with zero attached hydrogens (tertiary/aromatic N) is 2. The van der Waals surface area contributed by atoms with Gasteiger partial charge in [0, 0.05) is 4.11 Å². The third kappa shape index (κ3) is 1.84. The van der Waals surface area contributed by atoms with Gasteiger partial charge in [-0.2, -0.15) is 0 Å². The molecule has 0 aliphatic heterocycles. The van der Waals surface area contributed by atoms with Gasteiger partial charge in [0.15, 0.2) is 5.75 Å². The van der Waals surface area contributed by atoms with Crippen molar-refractivity contribution in [3.05, 3.63) is 17.7 Å². The lowest BCUT2D eigenvalue weighted by molar-refractivity contribution is 0.337. The Labute approximate surface area is 71.0 Å². The maximum Gasteiger partial charge on any atom is 0.222 e. The van der Waals surface area contributed by atoms with Crippen molar-refractivity contribution in [1.29, 1.82) is 0 Å². The molecule has 0 radical (unpaired) electrons. The summed E-state index contributed by atoms with van der Waals surface area (Å²) in [6, 6.07) is 0. The molecular formula is C6H7ClN2O. The number of aromatic nitrogens is 2. The van der Waals surface area contributed by atoms with Crippen molar-refractivity contribution in [1.82, 2.24) is 9.97 Å². The van der Waals surface area contributed by atoms with Crippen LogP contribution in [-0.2, 0) is 0 Å². The topological polar surface area (TPSA) is 35.0 Å². The quantitative estimate of drug-likeness (QED) is 0.621. The van der Waals surface area contributed by atoms with Crippen LogP contribution in [0, 0.1) is 0 Å². The maximum atomic E-state index is 7.16. The van der Waals surface area contributed by atoms with Gasteiger partial charge in [-0.15, -0.1) is 0 Å². The largest absolute Gasteiger partial charge is 0.491 e. The molecule has 0 fully saturated rings. The lowest BCUT2D eigenvalue weighted by atomic mass is 10.6.